The van der Waals surface area contributed by atoms with Crippen molar-refractivity contribution in [2.45, 2.75) is 0 Å². The Labute approximate surface area is 138 Å². The van der Waals surface area contributed by atoms with Crippen LogP contribution in [0, 0.1) is 0 Å². The Balaban J connectivity index is 1.88. The second kappa shape index (κ2) is 6.80. The molecule has 24 heavy (non-hydrogen) atoms. The van der Waals surface area contributed by atoms with E-state index in [1.165, 1.54) is 0 Å². The minimum atomic E-state index is -4.55. The van der Waals surface area contributed by atoms with Gasteiger partial charge in [-0.3, -0.25) is 9.66 Å². The smallest absolute Gasteiger partial charge is 0.333 e. The molecule has 0 saturated heterocycles. The van der Waals surface area contributed by atoms with E-state index in [0.717, 1.165) is 11.3 Å². The van der Waals surface area contributed by atoms with E-state index in [1.807, 2.05) is 12.1 Å². The number of aliphatic imine (C=N–C) groups is 1. The van der Waals surface area contributed by atoms with Crippen molar-refractivity contribution in [1.82, 2.24) is 10.2 Å². The summed E-state index contributed by atoms with van der Waals surface area (Å²) in [7, 11) is -4.55. The van der Waals surface area contributed by atoms with Crippen LogP contribution in [0.15, 0.2) is 71.9 Å². The Kier molecular flexibility index (Phi) is 4.57. The predicted octanol–water partition coefficient (Wildman–Crippen LogP) is 3.35. The summed E-state index contributed by atoms with van der Waals surface area (Å²) < 4.78 is 11.7. The number of amidine groups is 1. The highest BCUT2D eigenvalue weighted by Crippen LogP contribution is 2.38. The average molecular weight is 342 g/mol. The zero-order valence-electron chi connectivity index (χ0n) is 12.5. The lowest BCUT2D eigenvalue weighted by atomic mass is 10.1. The third kappa shape index (κ3) is 3.97. The maximum atomic E-state index is 11.7. The van der Waals surface area contributed by atoms with Crippen molar-refractivity contribution in [2.24, 2.45) is 4.99 Å². The monoisotopic (exact) mass is 342 g/mol. The number of anilines is 1. The second-order valence-electron chi connectivity index (χ2n) is 4.98. The molecule has 7 nitrogen and oxygen atoms in total. The molecule has 2 aromatic carbocycles. The topological polar surface area (TPSA) is 111 Å². The summed E-state index contributed by atoms with van der Waals surface area (Å²) in [5.74, 6) is 0. The molecular formula is C16H15N4O3P. The van der Waals surface area contributed by atoms with E-state index in [2.05, 4.69) is 20.5 Å². The van der Waals surface area contributed by atoms with Crippen LogP contribution in [0.3, 0.4) is 0 Å². The zero-order chi connectivity index (χ0) is 17.0. The molecule has 0 bridgehead atoms. The summed E-state index contributed by atoms with van der Waals surface area (Å²) in [6.07, 6.45) is 1.72. The lowest BCUT2D eigenvalue weighted by molar-refractivity contribution is 0.391. The van der Waals surface area contributed by atoms with Gasteiger partial charge in [0.2, 0.25) is 5.58 Å². The minimum absolute atomic E-state index is 0.402. The summed E-state index contributed by atoms with van der Waals surface area (Å²) in [6, 6.07) is 17.5. The van der Waals surface area contributed by atoms with Gasteiger partial charge >= 0.3 is 7.60 Å². The van der Waals surface area contributed by atoms with Gasteiger partial charge < -0.3 is 15.1 Å². The molecule has 0 aliphatic heterocycles. The van der Waals surface area contributed by atoms with Gasteiger partial charge in [-0.05, 0) is 30.3 Å². The van der Waals surface area contributed by atoms with E-state index in [-0.39, 0.29) is 0 Å². The standard InChI is InChI=1S/C16H15N4O3P/c21-24(22,23)16(18-13-4-2-1-3-5-13)19-14-8-6-12(7-9-14)15-10-11-17-20-15/h1-11H,(H,17,20)(H,18,19)(H2,21,22,23). The lowest BCUT2D eigenvalue weighted by Gasteiger charge is -2.11. The quantitative estimate of drug-likeness (QED) is 0.330. The number of para-hydroxylation sites is 1. The fourth-order valence-electron chi connectivity index (χ4n) is 2.07. The van der Waals surface area contributed by atoms with E-state index in [9.17, 15) is 14.4 Å². The highest BCUT2D eigenvalue weighted by Gasteiger charge is 2.23. The van der Waals surface area contributed by atoms with Crippen molar-refractivity contribution >= 4 is 24.5 Å². The van der Waals surface area contributed by atoms with Gasteiger partial charge in [0.25, 0.3) is 0 Å². The van der Waals surface area contributed by atoms with Gasteiger partial charge in [-0.15, -0.1) is 0 Å². The van der Waals surface area contributed by atoms with Crippen LogP contribution in [-0.2, 0) is 4.57 Å². The molecule has 3 aromatic rings. The summed E-state index contributed by atoms with van der Waals surface area (Å²) in [5, 5.41) is 9.49. The molecule has 1 aromatic heterocycles. The maximum Gasteiger partial charge on any atom is 0.391 e. The predicted molar refractivity (Wildman–Crippen MR) is 93.2 cm³/mol. The zero-order valence-corrected chi connectivity index (χ0v) is 13.4. The van der Waals surface area contributed by atoms with Crippen LogP contribution in [0.2, 0.25) is 0 Å². The Morgan fingerprint density at radius 1 is 1.04 bits per heavy atom. The van der Waals surface area contributed by atoms with Crippen molar-refractivity contribution in [3.63, 3.8) is 0 Å². The SMILES string of the molecule is O=P(O)(O)C(=Nc1ccc(-c2cc[nH]n2)cc1)Nc1ccccc1. The summed E-state index contributed by atoms with van der Waals surface area (Å²) in [4.78, 5) is 23.1. The second-order valence-corrected chi connectivity index (χ2v) is 6.49. The number of H-pyrrole nitrogens is 1. The maximum absolute atomic E-state index is 11.7. The van der Waals surface area contributed by atoms with E-state index < -0.39 is 13.2 Å². The summed E-state index contributed by atoms with van der Waals surface area (Å²) >= 11 is 0. The van der Waals surface area contributed by atoms with Crippen LogP contribution in [0.1, 0.15) is 0 Å². The highest BCUT2D eigenvalue weighted by atomic mass is 31.2. The van der Waals surface area contributed by atoms with Gasteiger partial charge in [0.05, 0.1) is 11.4 Å². The Morgan fingerprint density at radius 3 is 2.33 bits per heavy atom. The van der Waals surface area contributed by atoms with E-state index in [0.29, 0.717) is 11.4 Å². The van der Waals surface area contributed by atoms with E-state index in [4.69, 9.17) is 0 Å². The molecule has 0 amide bonds. The molecule has 0 unspecified atom stereocenters. The fourth-order valence-corrected chi connectivity index (χ4v) is 2.59. The molecule has 0 atom stereocenters. The third-order valence-corrected chi connectivity index (χ3v) is 3.97. The van der Waals surface area contributed by atoms with Gasteiger partial charge in [0.15, 0.2) is 0 Å². The van der Waals surface area contributed by atoms with Crippen molar-refractivity contribution in [3.05, 3.63) is 66.9 Å². The van der Waals surface area contributed by atoms with Crippen LogP contribution in [0.4, 0.5) is 11.4 Å². The molecule has 0 spiro atoms. The third-order valence-electron chi connectivity index (χ3n) is 3.20. The molecule has 1 heterocycles. The lowest BCUT2D eigenvalue weighted by Crippen LogP contribution is -2.12. The number of aromatic nitrogens is 2. The Bertz CT molecular complexity index is 871. The van der Waals surface area contributed by atoms with Crippen molar-refractivity contribution in [3.8, 4) is 11.3 Å². The van der Waals surface area contributed by atoms with Crippen LogP contribution in [0.5, 0.6) is 0 Å². The number of hydrogen-bond acceptors (Lipinski definition) is 3. The molecule has 8 heteroatoms. The minimum Gasteiger partial charge on any atom is -0.333 e. The first-order chi connectivity index (χ1) is 11.5. The van der Waals surface area contributed by atoms with E-state index >= 15 is 0 Å². The Hall–Kier alpha value is -2.73. The number of rotatable bonds is 4. The van der Waals surface area contributed by atoms with Crippen LogP contribution >= 0.6 is 7.60 Å². The molecular weight excluding hydrogens is 327 g/mol. The summed E-state index contributed by atoms with van der Waals surface area (Å²) in [5.41, 5.74) is 2.23. The first-order valence-corrected chi connectivity index (χ1v) is 8.71. The fraction of sp³-hybridized carbons (Fsp3) is 0. The van der Waals surface area contributed by atoms with E-state index in [1.54, 1.807) is 54.7 Å². The van der Waals surface area contributed by atoms with Crippen molar-refractivity contribution in [2.75, 3.05) is 5.32 Å². The molecule has 0 radical (unpaired) electrons. The molecule has 0 fully saturated rings. The summed E-state index contributed by atoms with van der Waals surface area (Å²) in [6.45, 7) is 0. The number of nitrogens with one attached hydrogen (secondary N) is 2. The Morgan fingerprint density at radius 2 is 1.75 bits per heavy atom. The van der Waals surface area contributed by atoms with Gasteiger partial charge in [0.1, 0.15) is 0 Å². The van der Waals surface area contributed by atoms with Crippen LogP contribution in [0.25, 0.3) is 11.3 Å². The molecule has 122 valence electrons. The van der Waals surface area contributed by atoms with Gasteiger partial charge in [-0.1, -0.05) is 30.3 Å². The normalized spacial score (nSPS) is 12.2. The van der Waals surface area contributed by atoms with Crippen LogP contribution in [-0.4, -0.2) is 25.6 Å². The molecule has 0 aliphatic carbocycles. The van der Waals surface area contributed by atoms with Gasteiger partial charge in [-0.25, -0.2) is 4.99 Å². The molecule has 0 aliphatic rings. The molecule has 0 saturated carbocycles. The largest absolute Gasteiger partial charge is 0.391 e. The highest BCUT2D eigenvalue weighted by molar-refractivity contribution is 7.70. The number of benzene rings is 2. The number of nitrogens with zero attached hydrogens (tertiary/aromatic N) is 2. The number of aromatic amines is 1. The van der Waals surface area contributed by atoms with Crippen molar-refractivity contribution in [1.29, 1.82) is 0 Å². The number of hydrogen-bond donors (Lipinski definition) is 4. The van der Waals surface area contributed by atoms with Crippen LogP contribution < -0.4 is 5.32 Å². The van der Waals surface area contributed by atoms with Gasteiger partial charge in [-0.2, -0.15) is 5.10 Å². The first-order valence-electron chi connectivity index (χ1n) is 7.09. The molecule has 3 rings (SSSR count). The molecule has 4 N–H and O–H groups in total. The van der Waals surface area contributed by atoms with Crippen molar-refractivity contribution < 1.29 is 14.4 Å². The van der Waals surface area contributed by atoms with Gasteiger partial charge in [0, 0.05) is 17.4 Å². The average Bonchev–Trinajstić information content (AvgIpc) is 3.09. The first kappa shape index (κ1) is 16.1.